The van der Waals surface area contributed by atoms with Crippen LogP contribution < -0.4 is 5.32 Å². The van der Waals surface area contributed by atoms with Crippen LogP contribution in [-0.4, -0.2) is 47.5 Å². The number of piperidine rings is 1. The molecular weight excluding hydrogens is 264 g/mol. The fourth-order valence-electron chi connectivity index (χ4n) is 2.81. The van der Waals surface area contributed by atoms with Gasteiger partial charge >= 0.3 is 0 Å². The van der Waals surface area contributed by atoms with Gasteiger partial charge in [-0.3, -0.25) is 4.79 Å². The smallest absolute Gasteiger partial charge is 0.251 e. The minimum atomic E-state index is -0.00773. The summed E-state index contributed by atoms with van der Waals surface area (Å²) in [6, 6.07) is 5.56. The van der Waals surface area contributed by atoms with Crippen LogP contribution in [0.2, 0.25) is 0 Å². The monoisotopic (exact) mass is 286 g/mol. The first-order valence-electron chi connectivity index (χ1n) is 7.46. The summed E-state index contributed by atoms with van der Waals surface area (Å²) in [6.45, 7) is 5.21. The summed E-state index contributed by atoms with van der Waals surface area (Å²) in [5.74, 6) is -0.00773. The number of hydrogen-bond acceptors (Lipinski definition) is 3. The lowest BCUT2D eigenvalue weighted by Crippen LogP contribution is -2.43. The van der Waals surface area contributed by atoms with E-state index in [1.807, 2.05) is 18.2 Å². The normalized spacial score (nSPS) is 18.8. The molecule has 1 amide bonds. The summed E-state index contributed by atoms with van der Waals surface area (Å²) < 4.78 is 0. The topological polar surface area (TPSA) is 61.0 Å². The maximum absolute atomic E-state index is 12.3. The Morgan fingerprint density at radius 3 is 2.95 bits per heavy atom. The zero-order valence-corrected chi connectivity index (χ0v) is 12.6. The van der Waals surface area contributed by atoms with Crippen molar-refractivity contribution in [2.75, 3.05) is 26.7 Å². The van der Waals surface area contributed by atoms with Crippen LogP contribution in [0.5, 0.6) is 0 Å². The fraction of sp³-hybridized carbons (Fsp3) is 0.500. The molecule has 0 saturated carbocycles. The molecule has 0 bridgehead atoms. The van der Waals surface area contributed by atoms with Gasteiger partial charge < -0.3 is 15.2 Å². The molecule has 1 fully saturated rings. The van der Waals surface area contributed by atoms with Gasteiger partial charge in [0, 0.05) is 12.1 Å². The van der Waals surface area contributed by atoms with Crippen molar-refractivity contribution in [1.82, 2.24) is 20.2 Å². The third-order valence-electron chi connectivity index (χ3n) is 4.55. The van der Waals surface area contributed by atoms with Gasteiger partial charge in [0.15, 0.2) is 0 Å². The number of carbonyl (C=O) groups is 1. The molecule has 1 aliphatic rings. The predicted octanol–water partition coefficient (Wildman–Crippen LogP) is 2.02. The highest BCUT2D eigenvalue weighted by molar-refractivity contribution is 5.97. The van der Waals surface area contributed by atoms with Crippen molar-refractivity contribution in [3.05, 3.63) is 30.1 Å². The fourth-order valence-corrected chi connectivity index (χ4v) is 2.81. The van der Waals surface area contributed by atoms with E-state index >= 15 is 0 Å². The minimum Gasteiger partial charge on any atom is -0.351 e. The summed E-state index contributed by atoms with van der Waals surface area (Å²) in [5, 5.41) is 3.09. The highest BCUT2D eigenvalue weighted by atomic mass is 16.1. The second-order valence-corrected chi connectivity index (χ2v) is 6.43. The van der Waals surface area contributed by atoms with Crippen LogP contribution >= 0.6 is 0 Å². The number of aromatic amines is 1. The van der Waals surface area contributed by atoms with E-state index < -0.39 is 0 Å². The number of aromatic nitrogens is 2. The number of carbonyl (C=O) groups excluding carboxylic acids is 1. The lowest BCUT2D eigenvalue weighted by Gasteiger charge is -2.37. The summed E-state index contributed by atoms with van der Waals surface area (Å²) >= 11 is 0. The molecule has 5 heteroatoms. The van der Waals surface area contributed by atoms with Crippen LogP contribution in [0.15, 0.2) is 24.5 Å². The molecule has 1 aromatic carbocycles. The van der Waals surface area contributed by atoms with Crippen molar-refractivity contribution in [3.63, 3.8) is 0 Å². The first-order valence-corrected chi connectivity index (χ1v) is 7.46. The Hall–Kier alpha value is -1.88. The Morgan fingerprint density at radius 1 is 1.43 bits per heavy atom. The van der Waals surface area contributed by atoms with Gasteiger partial charge in [0.25, 0.3) is 5.91 Å². The zero-order chi connectivity index (χ0) is 14.9. The van der Waals surface area contributed by atoms with Crippen LogP contribution in [0.4, 0.5) is 0 Å². The predicted molar refractivity (Wildman–Crippen MR) is 83.3 cm³/mol. The van der Waals surface area contributed by atoms with Gasteiger partial charge in [0.1, 0.15) is 0 Å². The first kappa shape index (κ1) is 14.1. The minimum absolute atomic E-state index is 0.00773. The van der Waals surface area contributed by atoms with Crippen molar-refractivity contribution >= 4 is 16.9 Å². The largest absolute Gasteiger partial charge is 0.351 e. The first-order chi connectivity index (χ1) is 10.1. The van der Waals surface area contributed by atoms with Crippen LogP contribution in [0.25, 0.3) is 11.0 Å². The van der Waals surface area contributed by atoms with Crippen LogP contribution in [0.3, 0.4) is 0 Å². The highest BCUT2D eigenvalue weighted by Gasteiger charge is 2.29. The molecule has 112 valence electrons. The summed E-state index contributed by atoms with van der Waals surface area (Å²) in [5.41, 5.74) is 2.67. The number of imidazole rings is 1. The number of amides is 1. The molecule has 0 unspecified atom stereocenters. The number of hydrogen-bond donors (Lipinski definition) is 2. The molecule has 1 aromatic heterocycles. The molecule has 2 aromatic rings. The molecule has 1 aliphatic heterocycles. The van der Waals surface area contributed by atoms with Crippen molar-refractivity contribution in [2.45, 2.75) is 19.8 Å². The SMILES string of the molecule is CN1CCC(C)(CNC(=O)c2ccc3nc[nH]c3c2)CC1. The van der Waals surface area contributed by atoms with Crippen molar-refractivity contribution in [3.8, 4) is 0 Å². The molecule has 2 N–H and O–H groups in total. The lowest BCUT2D eigenvalue weighted by molar-refractivity contribution is 0.0891. The summed E-state index contributed by atoms with van der Waals surface area (Å²) in [4.78, 5) is 21.8. The molecule has 0 spiro atoms. The molecule has 3 rings (SSSR count). The number of rotatable bonds is 3. The Balaban J connectivity index is 1.63. The third kappa shape index (κ3) is 3.08. The van der Waals surface area contributed by atoms with Crippen molar-refractivity contribution < 1.29 is 4.79 Å². The van der Waals surface area contributed by atoms with Gasteiger partial charge in [-0.15, -0.1) is 0 Å². The molecule has 0 atom stereocenters. The molecular formula is C16H22N4O. The number of nitrogens with zero attached hydrogens (tertiary/aromatic N) is 2. The molecule has 2 heterocycles. The second-order valence-electron chi connectivity index (χ2n) is 6.43. The van der Waals surface area contributed by atoms with E-state index in [0.717, 1.165) is 43.5 Å². The van der Waals surface area contributed by atoms with E-state index in [2.05, 4.69) is 34.2 Å². The average Bonchev–Trinajstić information content (AvgIpc) is 2.96. The van der Waals surface area contributed by atoms with Crippen LogP contribution in [0.1, 0.15) is 30.1 Å². The van der Waals surface area contributed by atoms with E-state index in [1.54, 1.807) is 6.33 Å². The number of nitrogens with one attached hydrogen (secondary N) is 2. The molecule has 0 aliphatic carbocycles. The van der Waals surface area contributed by atoms with E-state index in [1.165, 1.54) is 0 Å². The van der Waals surface area contributed by atoms with Gasteiger partial charge in [0.2, 0.25) is 0 Å². The maximum atomic E-state index is 12.3. The Bertz CT molecular complexity index is 641. The summed E-state index contributed by atoms with van der Waals surface area (Å²) in [6.07, 6.45) is 3.90. The quantitative estimate of drug-likeness (QED) is 0.907. The van der Waals surface area contributed by atoms with E-state index in [4.69, 9.17) is 0 Å². The van der Waals surface area contributed by atoms with Crippen LogP contribution in [-0.2, 0) is 0 Å². The maximum Gasteiger partial charge on any atom is 0.251 e. The van der Waals surface area contributed by atoms with E-state index in [-0.39, 0.29) is 11.3 Å². The Kier molecular flexibility index (Phi) is 3.68. The highest BCUT2D eigenvalue weighted by Crippen LogP contribution is 2.29. The third-order valence-corrected chi connectivity index (χ3v) is 4.55. The van der Waals surface area contributed by atoms with Gasteiger partial charge in [-0.2, -0.15) is 0 Å². The number of likely N-dealkylation sites (tertiary alicyclic amines) is 1. The van der Waals surface area contributed by atoms with Gasteiger partial charge in [0.05, 0.1) is 17.4 Å². The standard InChI is InChI=1S/C16H22N4O/c1-16(5-7-20(2)8-6-16)10-17-15(21)12-3-4-13-14(9-12)19-11-18-13/h3-4,9,11H,5-8,10H2,1-2H3,(H,17,21)(H,18,19). The number of fused-ring (bicyclic) bond motifs is 1. The average molecular weight is 286 g/mol. The number of H-pyrrole nitrogens is 1. The zero-order valence-electron chi connectivity index (χ0n) is 12.6. The van der Waals surface area contributed by atoms with E-state index in [9.17, 15) is 4.79 Å². The summed E-state index contributed by atoms with van der Waals surface area (Å²) in [7, 11) is 2.15. The Labute approximate surface area is 124 Å². The van der Waals surface area contributed by atoms with Gasteiger partial charge in [-0.1, -0.05) is 6.92 Å². The molecule has 1 saturated heterocycles. The molecule has 0 radical (unpaired) electrons. The second kappa shape index (κ2) is 5.48. The van der Waals surface area contributed by atoms with Crippen LogP contribution in [0, 0.1) is 5.41 Å². The number of benzene rings is 1. The van der Waals surface area contributed by atoms with Crippen molar-refractivity contribution in [2.24, 2.45) is 5.41 Å². The van der Waals surface area contributed by atoms with E-state index in [0.29, 0.717) is 5.56 Å². The van der Waals surface area contributed by atoms with Gasteiger partial charge in [-0.05, 0) is 56.6 Å². The Morgan fingerprint density at radius 2 is 2.19 bits per heavy atom. The molecule has 5 nitrogen and oxygen atoms in total. The lowest BCUT2D eigenvalue weighted by atomic mass is 9.80. The van der Waals surface area contributed by atoms with Gasteiger partial charge in [-0.25, -0.2) is 4.98 Å². The van der Waals surface area contributed by atoms with Crippen molar-refractivity contribution in [1.29, 1.82) is 0 Å². The molecule has 21 heavy (non-hydrogen) atoms.